The lowest BCUT2D eigenvalue weighted by Crippen LogP contribution is -2.32. The standard InChI is InChI=1S/C22H28N4O2S/c1-15-6-7-20-19(10-15)17(11-18(24)13-23)12-22(25-20)26-8-9-29(27,28)21-5-3-2-4-16(21)14-26/h2-7,10,12,18,27-28H,8-9,11,13-14,23-24H2,1H3. The lowest BCUT2D eigenvalue weighted by Gasteiger charge is -2.32. The molecule has 1 atom stereocenters. The molecule has 6 N–H and O–H groups in total. The molecule has 29 heavy (non-hydrogen) atoms. The van der Waals surface area contributed by atoms with Crippen molar-refractivity contribution in [3.8, 4) is 0 Å². The summed E-state index contributed by atoms with van der Waals surface area (Å²) in [4.78, 5) is 7.66. The topological polar surface area (TPSA) is 109 Å². The second-order valence-corrected chi connectivity index (χ2v) is 9.94. The maximum Gasteiger partial charge on any atom is 0.129 e. The molecule has 154 valence electrons. The fourth-order valence-electron chi connectivity index (χ4n) is 3.87. The Hall–Kier alpha value is -2.16. The molecule has 0 saturated carbocycles. The van der Waals surface area contributed by atoms with Crippen molar-refractivity contribution >= 4 is 27.3 Å². The molecule has 4 rings (SSSR count). The van der Waals surface area contributed by atoms with E-state index in [0.29, 0.717) is 31.0 Å². The van der Waals surface area contributed by atoms with Gasteiger partial charge in [-0.15, -0.1) is 0 Å². The van der Waals surface area contributed by atoms with Gasteiger partial charge < -0.3 is 16.4 Å². The summed E-state index contributed by atoms with van der Waals surface area (Å²) >= 11 is 0. The van der Waals surface area contributed by atoms with Crippen molar-refractivity contribution in [2.45, 2.75) is 30.8 Å². The predicted octanol–water partition coefficient (Wildman–Crippen LogP) is 3.50. The Morgan fingerprint density at radius 3 is 2.76 bits per heavy atom. The smallest absolute Gasteiger partial charge is 0.129 e. The molecule has 7 heteroatoms. The largest absolute Gasteiger partial charge is 0.351 e. The summed E-state index contributed by atoms with van der Waals surface area (Å²) in [7, 11) is -2.81. The van der Waals surface area contributed by atoms with Crippen LogP contribution in [0, 0.1) is 6.92 Å². The van der Waals surface area contributed by atoms with Gasteiger partial charge in [0, 0.05) is 31.1 Å². The van der Waals surface area contributed by atoms with E-state index in [1.165, 1.54) is 5.56 Å². The van der Waals surface area contributed by atoms with Gasteiger partial charge in [-0.3, -0.25) is 9.11 Å². The van der Waals surface area contributed by atoms with Crippen molar-refractivity contribution in [2.75, 3.05) is 23.7 Å². The molecule has 1 aliphatic heterocycles. The van der Waals surface area contributed by atoms with Gasteiger partial charge in [-0.25, -0.2) is 4.98 Å². The highest BCUT2D eigenvalue weighted by molar-refractivity contribution is 8.24. The molecule has 1 unspecified atom stereocenters. The number of nitrogens with two attached hydrogens (primary N) is 2. The van der Waals surface area contributed by atoms with Gasteiger partial charge in [-0.2, -0.15) is 10.6 Å². The molecule has 2 aromatic carbocycles. The number of nitrogens with zero attached hydrogens (tertiary/aromatic N) is 2. The number of aromatic nitrogens is 1. The predicted molar refractivity (Wildman–Crippen MR) is 121 cm³/mol. The third-order valence-electron chi connectivity index (χ3n) is 5.48. The van der Waals surface area contributed by atoms with Crippen LogP contribution in [0.25, 0.3) is 10.9 Å². The van der Waals surface area contributed by atoms with Crippen LogP contribution in [0.15, 0.2) is 53.4 Å². The fraction of sp³-hybridized carbons (Fsp3) is 0.318. The van der Waals surface area contributed by atoms with Crippen LogP contribution < -0.4 is 16.4 Å². The summed E-state index contributed by atoms with van der Waals surface area (Å²) in [6, 6.07) is 15.7. The van der Waals surface area contributed by atoms with Crippen LogP contribution in [-0.2, 0) is 13.0 Å². The Kier molecular flexibility index (Phi) is 5.50. The van der Waals surface area contributed by atoms with Gasteiger partial charge in [0.15, 0.2) is 0 Å². The molecule has 0 spiro atoms. The van der Waals surface area contributed by atoms with E-state index in [0.717, 1.165) is 27.8 Å². The summed E-state index contributed by atoms with van der Waals surface area (Å²) in [5.74, 6) is 1.11. The first-order chi connectivity index (χ1) is 13.9. The number of hydrogen-bond acceptors (Lipinski definition) is 6. The van der Waals surface area contributed by atoms with Crippen LogP contribution in [-0.4, -0.2) is 39.0 Å². The molecule has 0 fully saturated rings. The second kappa shape index (κ2) is 7.93. The van der Waals surface area contributed by atoms with Crippen LogP contribution in [0.4, 0.5) is 5.82 Å². The number of benzene rings is 2. The molecule has 6 nitrogen and oxygen atoms in total. The molecule has 0 saturated heterocycles. The molecular weight excluding hydrogens is 384 g/mol. The van der Waals surface area contributed by atoms with Crippen LogP contribution in [0.5, 0.6) is 0 Å². The van der Waals surface area contributed by atoms with Gasteiger partial charge in [0.25, 0.3) is 0 Å². The maximum atomic E-state index is 10.6. The maximum absolute atomic E-state index is 10.6. The quantitative estimate of drug-likeness (QED) is 0.522. The minimum atomic E-state index is -2.81. The number of anilines is 1. The minimum absolute atomic E-state index is 0.120. The van der Waals surface area contributed by atoms with Crippen molar-refractivity contribution in [2.24, 2.45) is 11.5 Å². The number of hydrogen-bond donors (Lipinski definition) is 4. The molecule has 0 radical (unpaired) electrons. The van der Waals surface area contributed by atoms with Gasteiger partial charge in [-0.05, 0) is 48.7 Å². The first-order valence-corrected chi connectivity index (χ1v) is 11.5. The summed E-state index contributed by atoms with van der Waals surface area (Å²) < 4.78 is 21.3. The zero-order valence-corrected chi connectivity index (χ0v) is 17.4. The Labute approximate surface area is 172 Å². The zero-order chi connectivity index (χ0) is 20.6. The van der Waals surface area contributed by atoms with Gasteiger partial charge in [0.2, 0.25) is 0 Å². The summed E-state index contributed by atoms with van der Waals surface area (Å²) in [6.45, 7) is 3.59. The van der Waals surface area contributed by atoms with Crippen molar-refractivity contribution < 1.29 is 9.11 Å². The van der Waals surface area contributed by atoms with Gasteiger partial charge >= 0.3 is 0 Å². The molecule has 1 aliphatic rings. The van der Waals surface area contributed by atoms with Crippen molar-refractivity contribution in [1.29, 1.82) is 0 Å². The monoisotopic (exact) mass is 412 g/mol. The summed E-state index contributed by atoms with van der Waals surface area (Å²) in [5.41, 5.74) is 16.1. The van der Waals surface area contributed by atoms with Gasteiger partial charge in [0.1, 0.15) is 5.82 Å². The Balaban J connectivity index is 1.79. The van der Waals surface area contributed by atoms with Gasteiger partial charge in [0.05, 0.1) is 16.2 Å². The zero-order valence-electron chi connectivity index (χ0n) is 16.6. The van der Waals surface area contributed by atoms with Crippen LogP contribution in [0.3, 0.4) is 0 Å². The molecule has 0 bridgehead atoms. The Morgan fingerprint density at radius 2 is 1.97 bits per heavy atom. The SMILES string of the molecule is Cc1ccc2nc(N3CCS(O)(O)c4ccccc4C3)cc(CC(N)CN)c2c1. The Morgan fingerprint density at radius 1 is 1.17 bits per heavy atom. The molecule has 3 aromatic rings. The average molecular weight is 413 g/mol. The van der Waals surface area contributed by atoms with E-state index in [1.807, 2.05) is 30.3 Å². The first-order valence-electron chi connectivity index (χ1n) is 9.82. The van der Waals surface area contributed by atoms with E-state index in [1.54, 1.807) is 0 Å². The lowest BCUT2D eigenvalue weighted by atomic mass is 10.00. The molecule has 0 amide bonds. The highest BCUT2D eigenvalue weighted by Crippen LogP contribution is 2.51. The minimum Gasteiger partial charge on any atom is -0.351 e. The third-order valence-corrected chi connectivity index (χ3v) is 7.33. The van der Waals surface area contributed by atoms with E-state index in [9.17, 15) is 9.11 Å². The first kappa shape index (κ1) is 20.1. The molecule has 1 aromatic heterocycles. The van der Waals surface area contributed by atoms with Gasteiger partial charge in [-0.1, -0.05) is 29.8 Å². The van der Waals surface area contributed by atoms with E-state index in [2.05, 4.69) is 30.0 Å². The average Bonchev–Trinajstić information content (AvgIpc) is 2.84. The number of fused-ring (bicyclic) bond motifs is 2. The summed E-state index contributed by atoms with van der Waals surface area (Å²) in [5, 5.41) is 1.09. The van der Waals surface area contributed by atoms with Crippen LogP contribution in [0.1, 0.15) is 16.7 Å². The highest BCUT2D eigenvalue weighted by Gasteiger charge is 2.26. The summed E-state index contributed by atoms with van der Waals surface area (Å²) in [6.07, 6.45) is 0.672. The lowest BCUT2D eigenvalue weighted by molar-refractivity contribution is 0.488. The van der Waals surface area contributed by atoms with E-state index in [-0.39, 0.29) is 11.8 Å². The highest BCUT2D eigenvalue weighted by atomic mass is 32.3. The van der Waals surface area contributed by atoms with E-state index >= 15 is 0 Å². The van der Waals surface area contributed by atoms with Crippen LogP contribution in [0.2, 0.25) is 0 Å². The van der Waals surface area contributed by atoms with E-state index in [4.69, 9.17) is 16.5 Å². The Bertz CT molecular complexity index is 1040. The second-order valence-electron chi connectivity index (χ2n) is 7.76. The molecular formula is C22H28N4O2S. The molecule has 0 aliphatic carbocycles. The normalized spacial score (nSPS) is 18.2. The van der Waals surface area contributed by atoms with Crippen molar-refractivity contribution in [3.63, 3.8) is 0 Å². The van der Waals surface area contributed by atoms with Crippen molar-refractivity contribution in [1.82, 2.24) is 4.98 Å². The number of aryl methyl sites for hydroxylation is 1. The fourth-order valence-corrected chi connectivity index (χ4v) is 5.42. The number of pyridine rings is 1. The third kappa shape index (κ3) is 4.10. The van der Waals surface area contributed by atoms with Crippen molar-refractivity contribution in [3.05, 3.63) is 65.2 Å². The van der Waals surface area contributed by atoms with Crippen LogP contribution >= 0.6 is 10.6 Å². The number of rotatable bonds is 4. The molecule has 2 heterocycles. The van der Waals surface area contributed by atoms with E-state index < -0.39 is 10.6 Å².